The molecule has 0 radical (unpaired) electrons. The third-order valence-electron chi connectivity index (χ3n) is 2.64. The van der Waals surface area contributed by atoms with Crippen LogP contribution in [0.25, 0.3) is 0 Å². The molecule has 1 aromatic carbocycles. The third-order valence-corrected chi connectivity index (χ3v) is 2.64. The molecule has 0 aromatic heterocycles. The molecule has 19 heavy (non-hydrogen) atoms. The molecule has 0 saturated heterocycles. The van der Waals surface area contributed by atoms with Gasteiger partial charge in [-0.2, -0.15) is 0 Å². The molecule has 1 aromatic rings. The summed E-state index contributed by atoms with van der Waals surface area (Å²) in [5, 5.41) is 12.5. The number of aliphatic hydroxyl groups is 1. The summed E-state index contributed by atoms with van der Waals surface area (Å²) in [6, 6.07) is 8.06. The van der Waals surface area contributed by atoms with E-state index in [1.807, 2.05) is 37.1 Å². The predicted molar refractivity (Wildman–Crippen MR) is 76.8 cm³/mol. The molecule has 0 unspecified atom stereocenters. The summed E-state index contributed by atoms with van der Waals surface area (Å²) in [5.74, 6) is -0.0340. The van der Waals surface area contributed by atoms with E-state index in [-0.39, 0.29) is 12.5 Å². The topological polar surface area (TPSA) is 52.6 Å². The average Bonchev–Trinajstić information content (AvgIpc) is 2.23. The number of aryl methyl sites for hydroxylation is 1. The van der Waals surface area contributed by atoms with Crippen LogP contribution < -0.4 is 5.32 Å². The number of hydrogen-bond acceptors (Lipinski definition) is 3. The Morgan fingerprint density at radius 2 is 2.11 bits per heavy atom. The summed E-state index contributed by atoms with van der Waals surface area (Å²) in [7, 11) is 1.82. The largest absolute Gasteiger partial charge is 0.389 e. The number of likely N-dealkylation sites (N-methyl/N-ethyl adjacent to an activating group) is 1. The third kappa shape index (κ3) is 6.94. The van der Waals surface area contributed by atoms with Crippen LogP contribution in [0.15, 0.2) is 24.3 Å². The maximum absolute atomic E-state index is 11.8. The minimum Gasteiger partial charge on any atom is -0.389 e. The van der Waals surface area contributed by atoms with Crippen LogP contribution in [0.5, 0.6) is 0 Å². The Kier molecular flexibility index (Phi) is 5.51. The molecule has 0 spiro atoms. The van der Waals surface area contributed by atoms with Crippen molar-refractivity contribution in [1.82, 2.24) is 10.2 Å². The average molecular weight is 264 g/mol. The van der Waals surface area contributed by atoms with Gasteiger partial charge in [0.1, 0.15) is 0 Å². The van der Waals surface area contributed by atoms with E-state index in [1.54, 1.807) is 13.8 Å². The Balaban J connectivity index is 2.36. The summed E-state index contributed by atoms with van der Waals surface area (Å²) in [6.45, 7) is 6.78. The number of nitrogens with one attached hydrogen (secondary N) is 1. The van der Waals surface area contributed by atoms with Gasteiger partial charge >= 0.3 is 0 Å². The van der Waals surface area contributed by atoms with Crippen molar-refractivity contribution in [2.45, 2.75) is 32.9 Å². The second-order valence-electron chi connectivity index (χ2n) is 5.75. The van der Waals surface area contributed by atoms with Crippen LogP contribution in [-0.4, -0.2) is 41.7 Å². The van der Waals surface area contributed by atoms with Gasteiger partial charge in [-0.1, -0.05) is 29.8 Å². The molecular weight excluding hydrogens is 240 g/mol. The predicted octanol–water partition coefficient (Wildman–Crippen LogP) is 1.31. The summed E-state index contributed by atoms with van der Waals surface area (Å²) >= 11 is 0. The van der Waals surface area contributed by atoms with Crippen LogP contribution >= 0.6 is 0 Å². The molecule has 0 heterocycles. The maximum Gasteiger partial charge on any atom is 0.234 e. The van der Waals surface area contributed by atoms with Crippen molar-refractivity contribution in [2.24, 2.45) is 0 Å². The minimum atomic E-state index is -0.786. The van der Waals surface area contributed by atoms with Crippen LogP contribution in [0.4, 0.5) is 0 Å². The van der Waals surface area contributed by atoms with Gasteiger partial charge in [-0.3, -0.25) is 9.69 Å². The van der Waals surface area contributed by atoms with Crippen LogP contribution in [0.2, 0.25) is 0 Å². The fourth-order valence-corrected chi connectivity index (χ4v) is 2.04. The second-order valence-corrected chi connectivity index (χ2v) is 5.75. The smallest absolute Gasteiger partial charge is 0.234 e. The molecule has 1 rings (SSSR count). The monoisotopic (exact) mass is 264 g/mol. The molecule has 0 atom stereocenters. The first-order valence-electron chi connectivity index (χ1n) is 6.49. The standard InChI is InChI=1S/C15H24N2O2/c1-12-6-5-7-13(8-12)9-16-14(18)10-17(4)11-15(2,3)19/h5-8,19H,9-11H2,1-4H3,(H,16,18). The SMILES string of the molecule is Cc1cccc(CNC(=O)CN(C)CC(C)(C)O)c1. The first-order chi connectivity index (χ1) is 8.76. The molecule has 0 bridgehead atoms. The van der Waals surface area contributed by atoms with Gasteiger partial charge in [0.05, 0.1) is 12.1 Å². The fourth-order valence-electron chi connectivity index (χ4n) is 2.04. The highest BCUT2D eigenvalue weighted by molar-refractivity contribution is 5.77. The first-order valence-corrected chi connectivity index (χ1v) is 6.49. The molecule has 0 aliphatic carbocycles. The Bertz CT molecular complexity index is 424. The molecule has 106 valence electrons. The molecule has 2 N–H and O–H groups in total. The Hall–Kier alpha value is -1.39. The summed E-state index contributed by atoms with van der Waals surface area (Å²) in [6.07, 6.45) is 0. The maximum atomic E-state index is 11.8. The van der Waals surface area contributed by atoms with Gasteiger partial charge in [-0.15, -0.1) is 0 Å². The van der Waals surface area contributed by atoms with E-state index >= 15 is 0 Å². The lowest BCUT2D eigenvalue weighted by atomic mass is 10.1. The lowest BCUT2D eigenvalue weighted by Gasteiger charge is -2.24. The van der Waals surface area contributed by atoms with Gasteiger partial charge in [-0.25, -0.2) is 0 Å². The molecule has 4 heteroatoms. The number of nitrogens with zero attached hydrogens (tertiary/aromatic N) is 1. The number of carbonyl (C=O) groups excluding carboxylic acids is 1. The lowest BCUT2D eigenvalue weighted by molar-refractivity contribution is -0.122. The minimum absolute atomic E-state index is 0.0340. The van der Waals surface area contributed by atoms with E-state index in [0.717, 1.165) is 5.56 Å². The highest BCUT2D eigenvalue weighted by Crippen LogP contribution is 2.04. The number of rotatable bonds is 6. The first kappa shape index (κ1) is 15.7. The van der Waals surface area contributed by atoms with Gasteiger partial charge in [0.2, 0.25) is 5.91 Å². The van der Waals surface area contributed by atoms with E-state index in [9.17, 15) is 9.90 Å². The van der Waals surface area contributed by atoms with Crippen molar-refractivity contribution in [3.8, 4) is 0 Å². The molecule has 1 amide bonds. The van der Waals surface area contributed by atoms with E-state index in [4.69, 9.17) is 0 Å². The number of hydrogen-bond donors (Lipinski definition) is 2. The number of amides is 1. The molecule has 0 saturated carbocycles. The van der Waals surface area contributed by atoms with Crippen molar-refractivity contribution < 1.29 is 9.90 Å². The number of carbonyl (C=O) groups is 1. The van der Waals surface area contributed by atoms with Gasteiger partial charge in [0, 0.05) is 13.1 Å². The molecule has 0 fully saturated rings. The highest BCUT2D eigenvalue weighted by atomic mass is 16.3. The Labute approximate surface area is 115 Å². The quantitative estimate of drug-likeness (QED) is 0.814. The fraction of sp³-hybridized carbons (Fsp3) is 0.533. The van der Waals surface area contributed by atoms with Crippen LogP contribution in [0.3, 0.4) is 0 Å². The van der Waals surface area contributed by atoms with E-state index in [1.165, 1.54) is 5.56 Å². The van der Waals surface area contributed by atoms with Gasteiger partial charge in [0.15, 0.2) is 0 Å². The highest BCUT2D eigenvalue weighted by Gasteiger charge is 2.17. The zero-order chi connectivity index (χ0) is 14.5. The number of benzene rings is 1. The zero-order valence-corrected chi connectivity index (χ0v) is 12.2. The normalized spacial score (nSPS) is 11.7. The zero-order valence-electron chi connectivity index (χ0n) is 12.2. The van der Waals surface area contributed by atoms with Crippen LogP contribution in [-0.2, 0) is 11.3 Å². The van der Waals surface area contributed by atoms with Crippen molar-refractivity contribution in [3.05, 3.63) is 35.4 Å². The van der Waals surface area contributed by atoms with Crippen LogP contribution in [0.1, 0.15) is 25.0 Å². The van der Waals surface area contributed by atoms with E-state index in [2.05, 4.69) is 11.4 Å². The van der Waals surface area contributed by atoms with Crippen molar-refractivity contribution >= 4 is 5.91 Å². The summed E-state index contributed by atoms with van der Waals surface area (Å²) in [5.41, 5.74) is 1.50. The van der Waals surface area contributed by atoms with Gasteiger partial charge < -0.3 is 10.4 Å². The Morgan fingerprint density at radius 3 is 2.68 bits per heavy atom. The Morgan fingerprint density at radius 1 is 1.42 bits per heavy atom. The molecule has 4 nitrogen and oxygen atoms in total. The lowest BCUT2D eigenvalue weighted by Crippen LogP contribution is -2.41. The van der Waals surface area contributed by atoms with E-state index < -0.39 is 5.60 Å². The molecule has 0 aliphatic heterocycles. The van der Waals surface area contributed by atoms with Crippen molar-refractivity contribution in [3.63, 3.8) is 0 Å². The van der Waals surface area contributed by atoms with E-state index in [0.29, 0.717) is 13.1 Å². The second kappa shape index (κ2) is 6.68. The summed E-state index contributed by atoms with van der Waals surface area (Å²) in [4.78, 5) is 13.6. The van der Waals surface area contributed by atoms with Gasteiger partial charge in [-0.05, 0) is 33.4 Å². The molecular formula is C15H24N2O2. The van der Waals surface area contributed by atoms with Crippen molar-refractivity contribution in [1.29, 1.82) is 0 Å². The summed E-state index contributed by atoms with van der Waals surface area (Å²) < 4.78 is 0. The van der Waals surface area contributed by atoms with Crippen LogP contribution in [0, 0.1) is 6.92 Å². The van der Waals surface area contributed by atoms with Gasteiger partial charge in [0.25, 0.3) is 0 Å². The molecule has 0 aliphatic rings. The van der Waals surface area contributed by atoms with Crippen molar-refractivity contribution in [2.75, 3.05) is 20.1 Å².